The number of amides is 1. The maximum absolute atomic E-state index is 12.9. The highest BCUT2D eigenvalue weighted by atomic mass is 35.5. The molecule has 0 radical (unpaired) electrons. The van der Waals surface area contributed by atoms with Gasteiger partial charge in [-0.1, -0.05) is 23.7 Å². The summed E-state index contributed by atoms with van der Waals surface area (Å²) in [5.41, 5.74) is 1.61. The number of carbonyl (C=O) groups is 2. The highest BCUT2D eigenvalue weighted by Crippen LogP contribution is 2.31. The standard InChI is InChI=1S/C17H18ClN3O3/c1-10-9-20(14-6-4-3-5-13(14)18)19-15(10)16(22)21(12-7-8-12)11(2)17(23)24/h3-6,9,11-12H,7-8H2,1-2H3,(H,23,24). The predicted molar refractivity (Wildman–Crippen MR) is 89.6 cm³/mol. The van der Waals surface area contributed by atoms with Crippen molar-refractivity contribution >= 4 is 23.5 Å². The van der Waals surface area contributed by atoms with E-state index in [1.54, 1.807) is 23.9 Å². The van der Waals surface area contributed by atoms with Gasteiger partial charge < -0.3 is 10.0 Å². The number of aliphatic carboxylic acids is 1. The molecule has 0 bridgehead atoms. The Hall–Kier alpha value is -2.34. The van der Waals surface area contributed by atoms with E-state index in [4.69, 9.17) is 11.6 Å². The second-order valence-corrected chi connectivity index (χ2v) is 6.42. The van der Waals surface area contributed by atoms with Crippen molar-refractivity contribution in [3.8, 4) is 5.69 Å². The number of hydrogen-bond acceptors (Lipinski definition) is 3. The third-order valence-corrected chi connectivity index (χ3v) is 4.47. The van der Waals surface area contributed by atoms with Crippen molar-refractivity contribution in [2.45, 2.75) is 38.8 Å². The number of benzene rings is 1. The third-order valence-electron chi connectivity index (χ3n) is 4.15. The molecule has 0 spiro atoms. The van der Waals surface area contributed by atoms with Crippen LogP contribution >= 0.6 is 11.6 Å². The molecule has 1 aromatic heterocycles. The SMILES string of the molecule is Cc1cn(-c2ccccc2Cl)nc1C(=O)N(C1CC1)C(C)C(=O)O. The van der Waals surface area contributed by atoms with Crippen LogP contribution in [0.2, 0.25) is 5.02 Å². The van der Waals surface area contributed by atoms with Crippen molar-refractivity contribution < 1.29 is 14.7 Å². The fourth-order valence-electron chi connectivity index (χ4n) is 2.68. The van der Waals surface area contributed by atoms with Gasteiger partial charge >= 0.3 is 5.97 Å². The molecular weight excluding hydrogens is 330 g/mol. The first-order chi connectivity index (χ1) is 11.4. The quantitative estimate of drug-likeness (QED) is 0.902. The lowest BCUT2D eigenvalue weighted by atomic mass is 10.2. The van der Waals surface area contributed by atoms with Gasteiger partial charge in [0.25, 0.3) is 5.91 Å². The van der Waals surface area contributed by atoms with Gasteiger partial charge in [0.05, 0.1) is 10.7 Å². The third kappa shape index (κ3) is 3.01. The number of carboxylic acids is 1. The van der Waals surface area contributed by atoms with E-state index >= 15 is 0 Å². The van der Waals surface area contributed by atoms with Gasteiger partial charge in [-0.25, -0.2) is 9.48 Å². The molecule has 1 aliphatic rings. The van der Waals surface area contributed by atoms with E-state index in [9.17, 15) is 14.7 Å². The van der Waals surface area contributed by atoms with Gasteiger partial charge in [0.1, 0.15) is 6.04 Å². The predicted octanol–water partition coefficient (Wildman–Crippen LogP) is 2.91. The summed E-state index contributed by atoms with van der Waals surface area (Å²) < 4.78 is 1.56. The number of nitrogens with zero attached hydrogens (tertiary/aromatic N) is 3. The van der Waals surface area contributed by atoms with E-state index in [1.165, 1.54) is 11.8 Å². The van der Waals surface area contributed by atoms with Crippen LogP contribution in [0.4, 0.5) is 0 Å². The zero-order valence-corrected chi connectivity index (χ0v) is 14.2. The Bertz CT molecular complexity index is 798. The summed E-state index contributed by atoms with van der Waals surface area (Å²) in [5, 5.41) is 14.2. The molecule has 6 nitrogen and oxygen atoms in total. The molecule has 1 aromatic carbocycles. The first kappa shape index (κ1) is 16.5. The van der Waals surface area contributed by atoms with Crippen LogP contribution in [-0.4, -0.2) is 43.7 Å². The number of hydrogen-bond donors (Lipinski definition) is 1. The number of aromatic nitrogens is 2. The van der Waals surface area contributed by atoms with Crippen molar-refractivity contribution in [2.75, 3.05) is 0 Å². The largest absolute Gasteiger partial charge is 0.480 e. The first-order valence-electron chi connectivity index (χ1n) is 7.76. The van der Waals surface area contributed by atoms with Crippen LogP contribution in [0.25, 0.3) is 5.69 Å². The van der Waals surface area contributed by atoms with Crippen molar-refractivity contribution in [3.05, 3.63) is 46.7 Å². The molecule has 1 saturated carbocycles. The molecule has 1 N–H and O–H groups in total. The number of aryl methyl sites for hydroxylation is 1. The van der Waals surface area contributed by atoms with Crippen molar-refractivity contribution in [2.24, 2.45) is 0 Å². The fraction of sp³-hybridized carbons (Fsp3) is 0.353. The van der Waals surface area contributed by atoms with Crippen molar-refractivity contribution in [3.63, 3.8) is 0 Å². The smallest absolute Gasteiger partial charge is 0.326 e. The molecule has 2 aromatic rings. The minimum absolute atomic E-state index is 0.0199. The average Bonchev–Trinajstić information content (AvgIpc) is 3.29. The van der Waals surface area contributed by atoms with Gasteiger partial charge in [0.2, 0.25) is 0 Å². The lowest BCUT2D eigenvalue weighted by Crippen LogP contribution is -2.45. The van der Waals surface area contributed by atoms with Gasteiger partial charge in [0, 0.05) is 17.8 Å². The minimum atomic E-state index is -1.02. The lowest BCUT2D eigenvalue weighted by Gasteiger charge is -2.25. The molecule has 1 unspecified atom stereocenters. The maximum atomic E-state index is 12.9. The molecule has 3 rings (SSSR count). The summed E-state index contributed by atoms with van der Waals surface area (Å²) in [4.78, 5) is 25.6. The molecule has 1 atom stereocenters. The van der Waals surface area contributed by atoms with Gasteiger partial charge in [0.15, 0.2) is 5.69 Å². The number of para-hydroxylation sites is 1. The molecule has 1 aliphatic carbocycles. The van der Waals surface area contributed by atoms with Gasteiger partial charge in [-0.3, -0.25) is 4.79 Å². The summed E-state index contributed by atoms with van der Waals surface area (Å²) in [6.45, 7) is 3.31. The number of carbonyl (C=O) groups excluding carboxylic acids is 1. The molecular formula is C17H18ClN3O3. The second-order valence-electron chi connectivity index (χ2n) is 6.01. The Balaban J connectivity index is 1.96. The van der Waals surface area contributed by atoms with Crippen LogP contribution in [-0.2, 0) is 4.79 Å². The second kappa shape index (κ2) is 6.28. The lowest BCUT2D eigenvalue weighted by molar-refractivity contribution is -0.141. The normalized spacial score (nSPS) is 15.1. The summed E-state index contributed by atoms with van der Waals surface area (Å²) in [5.74, 6) is -1.37. The van der Waals surface area contributed by atoms with E-state index < -0.39 is 12.0 Å². The van der Waals surface area contributed by atoms with Gasteiger partial charge in [-0.15, -0.1) is 0 Å². The maximum Gasteiger partial charge on any atom is 0.326 e. The van der Waals surface area contributed by atoms with Crippen LogP contribution < -0.4 is 0 Å². The van der Waals surface area contributed by atoms with Crippen molar-refractivity contribution in [1.29, 1.82) is 0 Å². The van der Waals surface area contributed by atoms with E-state index in [1.807, 2.05) is 18.2 Å². The average molecular weight is 348 g/mol. The van der Waals surface area contributed by atoms with Crippen molar-refractivity contribution in [1.82, 2.24) is 14.7 Å². The Morgan fingerprint density at radius 3 is 2.62 bits per heavy atom. The minimum Gasteiger partial charge on any atom is -0.480 e. The summed E-state index contributed by atoms with van der Waals surface area (Å²) in [6, 6.07) is 6.31. The number of carboxylic acid groups (broad SMARTS) is 1. The van der Waals surface area contributed by atoms with Crippen LogP contribution in [0.15, 0.2) is 30.5 Å². The Labute approximate surface area is 144 Å². The first-order valence-corrected chi connectivity index (χ1v) is 8.14. The Morgan fingerprint density at radius 1 is 1.38 bits per heavy atom. The van der Waals surface area contributed by atoms with Gasteiger partial charge in [-0.2, -0.15) is 5.10 Å². The van der Waals surface area contributed by atoms with Crippen LogP contribution in [0.5, 0.6) is 0 Å². The van der Waals surface area contributed by atoms with E-state index in [0.29, 0.717) is 16.3 Å². The number of halogens is 1. The summed E-state index contributed by atoms with van der Waals surface area (Å²) >= 11 is 6.18. The monoisotopic (exact) mass is 347 g/mol. The topological polar surface area (TPSA) is 75.4 Å². The molecule has 1 amide bonds. The molecule has 1 heterocycles. The van der Waals surface area contributed by atoms with Crippen LogP contribution in [0.3, 0.4) is 0 Å². The molecule has 24 heavy (non-hydrogen) atoms. The fourth-order valence-corrected chi connectivity index (χ4v) is 2.91. The molecule has 0 aliphatic heterocycles. The van der Waals surface area contributed by atoms with E-state index in [0.717, 1.165) is 12.8 Å². The highest BCUT2D eigenvalue weighted by molar-refractivity contribution is 6.32. The molecule has 7 heteroatoms. The van der Waals surface area contributed by atoms with E-state index in [-0.39, 0.29) is 17.6 Å². The van der Waals surface area contributed by atoms with Crippen LogP contribution in [0, 0.1) is 6.92 Å². The molecule has 1 fully saturated rings. The summed E-state index contributed by atoms with van der Waals surface area (Å²) in [7, 11) is 0. The molecule has 126 valence electrons. The number of rotatable bonds is 5. The highest BCUT2D eigenvalue weighted by Gasteiger charge is 2.40. The van der Waals surface area contributed by atoms with E-state index in [2.05, 4.69) is 5.10 Å². The van der Waals surface area contributed by atoms with Crippen LogP contribution in [0.1, 0.15) is 35.8 Å². The zero-order valence-electron chi connectivity index (χ0n) is 13.4. The summed E-state index contributed by atoms with van der Waals surface area (Å²) in [6.07, 6.45) is 3.38. The Morgan fingerprint density at radius 2 is 2.04 bits per heavy atom. The Kier molecular flexibility index (Phi) is 4.32. The zero-order chi connectivity index (χ0) is 17.4. The molecule has 0 saturated heterocycles. The van der Waals surface area contributed by atoms with Gasteiger partial charge in [-0.05, 0) is 38.8 Å².